The minimum Gasteiger partial charge on any atom is -0.392 e. The molecule has 0 spiro atoms. The van der Waals surface area contributed by atoms with E-state index in [1.54, 1.807) is 11.3 Å². The zero-order valence-corrected chi connectivity index (χ0v) is 11.5. The number of halogens is 2. The van der Waals surface area contributed by atoms with Crippen molar-refractivity contribution in [3.63, 3.8) is 0 Å². The van der Waals surface area contributed by atoms with E-state index in [0.29, 0.717) is 6.42 Å². The second-order valence-electron chi connectivity index (χ2n) is 4.48. The van der Waals surface area contributed by atoms with E-state index in [1.807, 2.05) is 12.1 Å². The molecule has 1 unspecified atom stereocenters. The summed E-state index contributed by atoms with van der Waals surface area (Å²) in [6, 6.07) is 7.74. The number of aryl methyl sites for hydroxylation is 1. The summed E-state index contributed by atoms with van der Waals surface area (Å²) >= 11 is 1.63. The van der Waals surface area contributed by atoms with E-state index in [1.165, 1.54) is 23.1 Å². The van der Waals surface area contributed by atoms with E-state index in [0.717, 1.165) is 11.3 Å². The summed E-state index contributed by atoms with van der Waals surface area (Å²) in [6.45, 7) is 2.07. The highest BCUT2D eigenvalue weighted by Gasteiger charge is 2.15. The minimum absolute atomic E-state index is 0.00212. The lowest BCUT2D eigenvalue weighted by atomic mass is 10.0. The van der Waals surface area contributed by atoms with Gasteiger partial charge in [-0.15, -0.1) is 11.3 Å². The Balaban J connectivity index is 2.03. The summed E-state index contributed by atoms with van der Waals surface area (Å²) in [5, 5.41) is 9.96. The third-order valence-corrected chi connectivity index (χ3v) is 4.26. The van der Waals surface area contributed by atoms with Gasteiger partial charge < -0.3 is 5.11 Å². The van der Waals surface area contributed by atoms with Crippen LogP contribution in [0.15, 0.2) is 30.3 Å². The molecule has 102 valence electrons. The predicted molar refractivity (Wildman–Crippen MR) is 73.5 cm³/mol. The molecule has 1 nitrogen and oxygen atoms in total. The summed E-state index contributed by atoms with van der Waals surface area (Å²) in [7, 11) is 0. The van der Waals surface area contributed by atoms with Crippen LogP contribution in [0.2, 0.25) is 0 Å². The van der Waals surface area contributed by atoms with Gasteiger partial charge in [0.1, 0.15) is 11.6 Å². The second-order valence-corrected chi connectivity index (χ2v) is 5.74. The number of aliphatic hydroxyl groups is 1. The van der Waals surface area contributed by atoms with Crippen LogP contribution < -0.4 is 0 Å². The molecule has 1 N–H and O–H groups in total. The Hall–Kier alpha value is -1.26. The molecule has 0 saturated heterocycles. The number of thiophene rings is 1. The Morgan fingerprint density at radius 2 is 1.68 bits per heavy atom. The molecule has 1 heterocycles. The minimum atomic E-state index is -0.769. The van der Waals surface area contributed by atoms with Crippen LogP contribution in [0.25, 0.3) is 0 Å². The van der Waals surface area contributed by atoms with Crippen LogP contribution in [-0.2, 0) is 19.3 Å². The van der Waals surface area contributed by atoms with E-state index in [-0.39, 0.29) is 12.0 Å². The molecule has 4 heteroatoms. The summed E-state index contributed by atoms with van der Waals surface area (Å²) < 4.78 is 26.9. The van der Waals surface area contributed by atoms with Crippen molar-refractivity contribution in [2.24, 2.45) is 0 Å². The molecule has 0 aliphatic carbocycles. The number of aliphatic hydroxyl groups excluding tert-OH is 1. The molecule has 0 aliphatic heterocycles. The third kappa shape index (κ3) is 3.61. The Bertz CT molecular complexity index is 531. The number of rotatable bonds is 5. The van der Waals surface area contributed by atoms with Gasteiger partial charge in [0.05, 0.1) is 6.10 Å². The van der Waals surface area contributed by atoms with Crippen molar-refractivity contribution in [1.82, 2.24) is 0 Å². The first-order chi connectivity index (χ1) is 9.10. The molecule has 19 heavy (non-hydrogen) atoms. The van der Waals surface area contributed by atoms with Gasteiger partial charge in [0.15, 0.2) is 0 Å². The molecule has 0 bridgehead atoms. The van der Waals surface area contributed by atoms with E-state index in [2.05, 4.69) is 6.92 Å². The lowest BCUT2D eigenvalue weighted by molar-refractivity contribution is 0.173. The summed E-state index contributed by atoms with van der Waals surface area (Å²) in [6.07, 6.45) is 0.619. The second kappa shape index (κ2) is 6.26. The maximum atomic E-state index is 13.5. The smallest absolute Gasteiger partial charge is 0.129 e. The van der Waals surface area contributed by atoms with Gasteiger partial charge in [0.25, 0.3) is 0 Å². The average Bonchev–Trinajstić information content (AvgIpc) is 2.81. The van der Waals surface area contributed by atoms with Gasteiger partial charge in [-0.25, -0.2) is 8.78 Å². The molecular formula is C15H16F2OS. The fourth-order valence-corrected chi connectivity index (χ4v) is 3.02. The summed E-state index contributed by atoms with van der Waals surface area (Å²) in [5.41, 5.74) is -0.0396. The van der Waals surface area contributed by atoms with Crippen molar-refractivity contribution in [1.29, 1.82) is 0 Å². The first-order valence-corrected chi connectivity index (χ1v) is 7.10. The van der Waals surface area contributed by atoms with Crippen molar-refractivity contribution < 1.29 is 13.9 Å². The van der Waals surface area contributed by atoms with Crippen LogP contribution in [0.5, 0.6) is 0 Å². The van der Waals surface area contributed by atoms with Gasteiger partial charge in [-0.1, -0.05) is 13.0 Å². The summed E-state index contributed by atoms with van der Waals surface area (Å²) in [5.74, 6) is -1.20. The van der Waals surface area contributed by atoms with Gasteiger partial charge in [-0.2, -0.15) is 0 Å². The quantitative estimate of drug-likeness (QED) is 0.886. The zero-order chi connectivity index (χ0) is 13.8. The van der Waals surface area contributed by atoms with Crippen LogP contribution in [0.1, 0.15) is 22.2 Å². The molecule has 0 amide bonds. The van der Waals surface area contributed by atoms with E-state index in [9.17, 15) is 13.9 Å². The van der Waals surface area contributed by atoms with Crippen molar-refractivity contribution in [3.8, 4) is 0 Å². The fourth-order valence-electron chi connectivity index (χ4n) is 1.99. The number of benzene rings is 1. The average molecular weight is 282 g/mol. The predicted octanol–water partition coefficient (Wildman–Crippen LogP) is 3.73. The van der Waals surface area contributed by atoms with Gasteiger partial charge in [0, 0.05) is 28.2 Å². The highest BCUT2D eigenvalue weighted by molar-refractivity contribution is 7.11. The highest BCUT2D eigenvalue weighted by atomic mass is 32.1. The van der Waals surface area contributed by atoms with Crippen LogP contribution >= 0.6 is 11.3 Å². The standard InChI is InChI=1S/C15H16F2OS/c1-2-11-6-7-12(19-11)8-10(18)9-13-14(16)4-3-5-15(13)17/h3-7,10,18H,2,8-9H2,1H3. The van der Waals surface area contributed by atoms with Gasteiger partial charge in [-0.3, -0.25) is 0 Å². The Labute approximate surface area is 115 Å². The maximum Gasteiger partial charge on any atom is 0.129 e. The molecule has 2 aromatic rings. The molecule has 1 aromatic carbocycles. The van der Waals surface area contributed by atoms with Gasteiger partial charge in [0.2, 0.25) is 0 Å². The SMILES string of the molecule is CCc1ccc(CC(O)Cc2c(F)cccc2F)s1. The Kier molecular flexibility index (Phi) is 4.66. The number of hydrogen-bond acceptors (Lipinski definition) is 2. The first kappa shape index (κ1) is 14.2. The summed E-state index contributed by atoms with van der Waals surface area (Å²) in [4.78, 5) is 2.29. The van der Waals surface area contributed by atoms with Crippen molar-refractivity contribution >= 4 is 11.3 Å². The van der Waals surface area contributed by atoms with Gasteiger partial charge in [-0.05, 0) is 30.7 Å². The van der Waals surface area contributed by atoms with Crippen molar-refractivity contribution in [2.45, 2.75) is 32.3 Å². The maximum absolute atomic E-state index is 13.5. The normalized spacial score (nSPS) is 12.6. The largest absolute Gasteiger partial charge is 0.392 e. The van der Waals surface area contributed by atoms with Crippen molar-refractivity contribution in [2.75, 3.05) is 0 Å². The van der Waals surface area contributed by atoms with E-state index in [4.69, 9.17) is 0 Å². The molecule has 1 atom stereocenters. The molecular weight excluding hydrogens is 266 g/mol. The number of hydrogen-bond donors (Lipinski definition) is 1. The lowest BCUT2D eigenvalue weighted by Gasteiger charge is -2.11. The molecule has 2 rings (SSSR count). The monoisotopic (exact) mass is 282 g/mol. The molecule has 0 fully saturated rings. The van der Waals surface area contributed by atoms with Crippen LogP contribution in [0, 0.1) is 11.6 Å². The molecule has 0 radical (unpaired) electrons. The third-order valence-electron chi connectivity index (χ3n) is 3.00. The first-order valence-electron chi connectivity index (χ1n) is 6.28. The van der Waals surface area contributed by atoms with Gasteiger partial charge >= 0.3 is 0 Å². The zero-order valence-electron chi connectivity index (χ0n) is 10.7. The highest BCUT2D eigenvalue weighted by Crippen LogP contribution is 2.21. The van der Waals surface area contributed by atoms with Crippen LogP contribution in [-0.4, -0.2) is 11.2 Å². The van der Waals surface area contributed by atoms with Crippen LogP contribution in [0.4, 0.5) is 8.78 Å². The van der Waals surface area contributed by atoms with E-state index >= 15 is 0 Å². The van der Waals surface area contributed by atoms with Crippen LogP contribution in [0.3, 0.4) is 0 Å². The Morgan fingerprint density at radius 1 is 1.05 bits per heavy atom. The molecule has 0 saturated carbocycles. The Morgan fingerprint density at radius 3 is 2.26 bits per heavy atom. The molecule has 0 aliphatic rings. The molecule has 1 aromatic heterocycles. The lowest BCUT2D eigenvalue weighted by Crippen LogP contribution is -2.15. The topological polar surface area (TPSA) is 20.2 Å². The van der Waals surface area contributed by atoms with Crippen molar-refractivity contribution in [3.05, 3.63) is 57.3 Å². The fraction of sp³-hybridized carbons (Fsp3) is 0.333. The van der Waals surface area contributed by atoms with E-state index < -0.39 is 17.7 Å².